The van der Waals surface area contributed by atoms with Crippen molar-refractivity contribution < 1.29 is 14.3 Å². The molecule has 1 fully saturated rings. The second-order valence-corrected chi connectivity index (χ2v) is 7.14. The van der Waals surface area contributed by atoms with Crippen molar-refractivity contribution in [3.8, 4) is 0 Å². The Morgan fingerprint density at radius 2 is 1.96 bits per heavy atom. The second-order valence-electron chi connectivity index (χ2n) is 7.14. The minimum absolute atomic E-state index is 0.000443. The quantitative estimate of drug-likeness (QED) is 0.313. The lowest BCUT2D eigenvalue weighted by Crippen LogP contribution is -2.40. The molecule has 0 N–H and O–H groups in total. The van der Waals surface area contributed by atoms with Gasteiger partial charge in [-0.25, -0.2) is 4.79 Å². The van der Waals surface area contributed by atoms with E-state index in [2.05, 4.69) is 6.58 Å². The number of ether oxygens (including phenoxy) is 1. The Hall–Kier alpha value is -2.36. The molecule has 0 unspecified atom stereocenters. The van der Waals surface area contributed by atoms with Crippen LogP contribution in [-0.4, -0.2) is 28.9 Å². The molecule has 0 radical (unpaired) electrons. The van der Waals surface area contributed by atoms with E-state index in [0.29, 0.717) is 0 Å². The van der Waals surface area contributed by atoms with Gasteiger partial charge in [0.1, 0.15) is 6.61 Å². The Morgan fingerprint density at radius 1 is 1.19 bits per heavy atom. The smallest absolute Gasteiger partial charge is 0.410 e. The highest BCUT2D eigenvalue weighted by molar-refractivity contribution is 5.87. The molecule has 0 saturated carbocycles. The maximum Gasteiger partial charge on any atom is 0.410 e. The number of allylic oxidation sites excluding steroid dienone is 2. The van der Waals surface area contributed by atoms with E-state index in [1.165, 1.54) is 6.92 Å². The van der Waals surface area contributed by atoms with Crippen molar-refractivity contribution in [2.45, 2.75) is 70.6 Å². The molecule has 1 heterocycles. The van der Waals surface area contributed by atoms with Crippen molar-refractivity contribution in [3.05, 3.63) is 60.7 Å². The topological polar surface area (TPSA) is 46.6 Å². The molecule has 2 rings (SSSR count). The molecule has 4 nitrogen and oxygen atoms in total. The molecule has 0 bridgehead atoms. The highest BCUT2D eigenvalue weighted by Gasteiger charge is 2.36. The summed E-state index contributed by atoms with van der Waals surface area (Å²) in [6.45, 7) is 5.55. The van der Waals surface area contributed by atoms with Crippen molar-refractivity contribution >= 4 is 11.9 Å². The monoisotopic (exact) mass is 369 g/mol. The van der Waals surface area contributed by atoms with E-state index in [1.807, 2.05) is 47.4 Å². The second kappa shape index (κ2) is 11.4. The molecule has 4 heteroatoms. The van der Waals surface area contributed by atoms with Crippen LogP contribution in [0.25, 0.3) is 0 Å². The number of unbranched alkanes of at least 4 members (excludes halogenated alkanes) is 3. The standard InChI is InChI=1S/C23H31NO3/c1-3-4-5-6-10-13-21-16-17-22(15-14-19(2)25)24(21)23(26)27-18-20-11-8-7-9-12-20/h3,7-9,11-12,14-15,21-22H,1,4-6,10,13,16-18H2,2H3/b15-14+/t21-,22-/m1/s1. The van der Waals surface area contributed by atoms with Crippen molar-refractivity contribution in [3.63, 3.8) is 0 Å². The number of nitrogens with zero attached hydrogens (tertiary/aromatic N) is 1. The van der Waals surface area contributed by atoms with Crippen molar-refractivity contribution in [1.82, 2.24) is 4.90 Å². The summed E-state index contributed by atoms with van der Waals surface area (Å²) in [6.07, 6.45) is 12.3. The van der Waals surface area contributed by atoms with Gasteiger partial charge in [-0.1, -0.05) is 55.3 Å². The van der Waals surface area contributed by atoms with E-state index in [4.69, 9.17) is 4.74 Å². The molecule has 1 aromatic carbocycles. The van der Waals surface area contributed by atoms with Crippen LogP contribution in [0.4, 0.5) is 4.79 Å². The molecule has 0 aromatic heterocycles. The minimum Gasteiger partial charge on any atom is -0.445 e. The Morgan fingerprint density at radius 3 is 2.67 bits per heavy atom. The molecule has 1 aliphatic heterocycles. The van der Waals surface area contributed by atoms with Gasteiger partial charge in [0.15, 0.2) is 5.78 Å². The first kappa shape index (κ1) is 20.9. The SMILES string of the molecule is C=CCCCCC[C@@H]1CC[C@@H](/C=C/C(C)=O)N1C(=O)OCc1ccccc1. The van der Waals surface area contributed by atoms with Crippen LogP contribution in [-0.2, 0) is 16.1 Å². The van der Waals surface area contributed by atoms with Crippen LogP contribution in [0.3, 0.4) is 0 Å². The van der Waals surface area contributed by atoms with Crippen LogP contribution in [0.1, 0.15) is 57.4 Å². The lowest BCUT2D eigenvalue weighted by molar-refractivity contribution is -0.112. The number of hydrogen-bond donors (Lipinski definition) is 0. The summed E-state index contributed by atoms with van der Waals surface area (Å²) in [5.74, 6) is 0.000443. The minimum atomic E-state index is -0.286. The van der Waals surface area contributed by atoms with Gasteiger partial charge in [-0.3, -0.25) is 9.69 Å². The van der Waals surface area contributed by atoms with Crippen LogP contribution in [0, 0.1) is 0 Å². The number of carbonyl (C=O) groups is 2. The molecule has 146 valence electrons. The number of carbonyl (C=O) groups excluding carboxylic acids is 2. The van der Waals surface area contributed by atoms with Crippen molar-refractivity contribution in [1.29, 1.82) is 0 Å². The maximum absolute atomic E-state index is 12.8. The normalized spacial score (nSPS) is 19.4. The average molecular weight is 370 g/mol. The van der Waals surface area contributed by atoms with Gasteiger partial charge in [0.05, 0.1) is 6.04 Å². The summed E-state index contributed by atoms with van der Waals surface area (Å²) in [6, 6.07) is 9.82. The molecule has 0 aliphatic carbocycles. The third kappa shape index (κ3) is 7.05. The third-order valence-electron chi connectivity index (χ3n) is 4.96. The van der Waals surface area contributed by atoms with Crippen LogP contribution < -0.4 is 0 Å². The zero-order chi connectivity index (χ0) is 19.5. The van der Waals surface area contributed by atoms with E-state index in [0.717, 1.165) is 50.5 Å². The lowest BCUT2D eigenvalue weighted by Gasteiger charge is -2.28. The zero-order valence-corrected chi connectivity index (χ0v) is 16.3. The summed E-state index contributed by atoms with van der Waals surface area (Å²) in [7, 11) is 0. The summed E-state index contributed by atoms with van der Waals surface area (Å²) >= 11 is 0. The molecule has 27 heavy (non-hydrogen) atoms. The molecule has 1 saturated heterocycles. The molecule has 2 atom stereocenters. The van der Waals surface area contributed by atoms with Crippen molar-refractivity contribution in [2.75, 3.05) is 0 Å². The van der Waals surface area contributed by atoms with E-state index in [-0.39, 0.29) is 30.6 Å². The molecule has 1 aliphatic rings. The first-order chi connectivity index (χ1) is 13.1. The fourth-order valence-corrected chi connectivity index (χ4v) is 3.55. The Kier molecular flexibility index (Phi) is 8.82. The molecular formula is C23H31NO3. The van der Waals surface area contributed by atoms with Gasteiger partial charge in [-0.05, 0) is 50.7 Å². The largest absolute Gasteiger partial charge is 0.445 e. The van der Waals surface area contributed by atoms with E-state index >= 15 is 0 Å². The van der Waals surface area contributed by atoms with Gasteiger partial charge in [0.25, 0.3) is 0 Å². The fraction of sp³-hybridized carbons (Fsp3) is 0.478. The van der Waals surface area contributed by atoms with E-state index in [9.17, 15) is 9.59 Å². The van der Waals surface area contributed by atoms with Gasteiger partial charge in [0, 0.05) is 6.04 Å². The average Bonchev–Trinajstić information content (AvgIpc) is 3.08. The number of amides is 1. The summed E-state index contributed by atoms with van der Waals surface area (Å²) < 4.78 is 5.58. The first-order valence-corrected chi connectivity index (χ1v) is 9.90. The van der Waals surface area contributed by atoms with Gasteiger partial charge >= 0.3 is 6.09 Å². The number of rotatable bonds is 10. The summed E-state index contributed by atoms with van der Waals surface area (Å²) in [5, 5.41) is 0. The number of hydrogen-bond acceptors (Lipinski definition) is 3. The van der Waals surface area contributed by atoms with E-state index in [1.54, 1.807) is 6.08 Å². The Bertz CT molecular complexity index is 638. The van der Waals surface area contributed by atoms with Crippen molar-refractivity contribution in [2.24, 2.45) is 0 Å². The number of likely N-dealkylation sites (tertiary alicyclic amines) is 1. The highest BCUT2D eigenvalue weighted by Crippen LogP contribution is 2.30. The zero-order valence-electron chi connectivity index (χ0n) is 16.3. The number of ketones is 1. The van der Waals surface area contributed by atoms with Gasteiger partial charge < -0.3 is 4.74 Å². The van der Waals surface area contributed by atoms with Gasteiger partial charge in [-0.2, -0.15) is 0 Å². The first-order valence-electron chi connectivity index (χ1n) is 9.90. The molecule has 1 aromatic rings. The van der Waals surface area contributed by atoms with Crippen LogP contribution in [0.15, 0.2) is 55.1 Å². The molecule has 1 amide bonds. The fourth-order valence-electron chi connectivity index (χ4n) is 3.55. The number of benzene rings is 1. The van der Waals surface area contributed by atoms with Gasteiger partial charge in [0.2, 0.25) is 0 Å². The highest BCUT2D eigenvalue weighted by atomic mass is 16.6. The Balaban J connectivity index is 1.96. The Labute approximate surface area is 162 Å². The molecular weight excluding hydrogens is 338 g/mol. The van der Waals surface area contributed by atoms with E-state index < -0.39 is 0 Å². The molecule has 0 spiro atoms. The summed E-state index contributed by atoms with van der Waals surface area (Å²) in [4.78, 5) is 25.9. The summed E-state index contributed by atoms with van der Waals surface area (Å²) in [5.41, 5.74) is 0.974. The predicted octanol–water partition coefficient (Wildman–Crippen LogP) is 5.44. The predicted molar refractivity (Wildman–Crippen MR) is 108 cm³/mol. The van der Waals surface area contributed by atoms with Gasteiger partial charge in [-0.15, -0.1) is 6.58 Å². The maximum atomic E-state index is 12.8. The van der Waals surface area contributed by atoms with Crippen LogP contribution in [0.2, 0.25) is 0 Å². The third-order valence-corrected chi connectivity index (χ3v) is 4.96. The van der Waals surface area contributed by atoms with Crippen LogP contribution >= 0.6 is 0 Å². The lowest BCUT2D eigenvalue weighted by atomic mass is 10.1. The van der Waals surface area contributed by atoms with Crippen LogP contribution in [0.5, 0.6) is 0 Å².